The van der Waals surface area contributed by atoms with Crippen molar-refractivity contribution in [3.05, 3.63) is 93.7 Å². The van der Waals surface area contributed by atoms with Gasteiger partial charge >= 0.3 is 13.2 Å². The molecular formula is C30H31BClFN2O4. The van der Waals surface area contributed by atoms with E-state index in [0.29, 0.717) is 11.0 Å². The topological polar surface area (TPSA) is 82.8 Å². The molecule has 1 aliphatic carbocycles. The van der Waals surface area contributed by atoms with Crippen LogP contribution in [0.4, 0.5) is 14.9 Å². The minimum Gasteiger partial charge on any atom is -0.449 e. The van der Waals surface area contributed by atoms with Gasteiger partial charge < -0.3 is 25.1 Å². The molecule has 0 saturated carbocycles. The molecule has 0 atom stereocenters. The summed E-state index contributed by atoms with van der Waals surface area (Å²) >= 11 is 6.11. The van der Waals surface area contributed by atoms with Crippen LogP contribution >= 0.6 is 11.6 Å². The number of nitrogen functional groups attached to an aromatic ring is 1. The van der Waals surface area contributed by atoms with E-state index in [0.717, 1.165) is 28.3 Å². The number of carbonyl (C=O) groups is 1. The number of anilines is 1. The second-order valence-electron chi connectivity index (χ2n) is 10.9. The van der Waals surface area contributed by atoms with Gasteiger partial charge in [-0.3, -0.25) is 0 Å². The summed E-state index contributed by atoms with van der Waals surface area (Å²) in [6.07, 6.45) is 1.04. The second-order valence-corrected chi connectivity index (χ2v) is 11.3. The highest BCUT2D eigenvalue weighted by molar-refractivity contribution is 6.56. The Balaban J connectivity index is 1.33. The molecule has 1 saturated heterocycles. The van der Waals surface area contributed by atoms with Gasteiger partial charge in [0.25, 0.3) is 0 Å². The zero-order valence-electron chi connectivity index (χ0n) is 22.4. The van der Waals surface area contributed by atoms with Gasteiger partial charge in [-0.2, -0.15) is 0 Å². The van der Waals surface area contributed by atoms with Gasteiger partial charge in [0.2, 0.25) is 0 Å². The van der Waals surface area contributed by atoms with E-state index in [1.54, 1.807) is 6.08 Å². The lowest BCUT2D eigenvalue weighted by Crippen LogP contribution is -2.41. The molecule has 6 nitrogen and oxygen atoms in total. The largest absolute Gasteiger partial charge is 0.492 e. The molecule has 1 amide bonds. The second kappa shape index (κ2) is 10.3. The standard InChI is InChI=1S/C30H31BClFN2O4/c1-29(2)30(3,4)39-31(38-29)19(13-18-14-20(33)15-26(32)27(18)34)16-35-28(36)37-17-25-23-11-7-5-9-21(23)22-10-6-8-12-24(22)25/h5-15,25H,16-17,34H2,1-4H3,(H,35,36). The number of amides is 1. The van der Waals surface area contributed by atoms with Crippen LogP contribution in [0.2, 0.25) is 5.02 Å². The average Bonchev–Trinajstić information content (AvgIpc) is 3.32. The first-order chi connectivity index (χ1) is 18.5. The molecule has 1 fully saturated rings. The van der Waals surface area contributed by atoms with Crippen LogP contribution < -0.4 is 11.1 Å². The summed E-state index contributed by atoms with van der Waals surface area (Å²) < 4.78 is 32.2. The molecule has 202 valence electrons. The normalized spacial score (nSPS) is 17.6. The predicted octanol–water partition coefficient (Wildman–Crippen LogP) is 6.61. The highest BCUT2D eigenvalue weighted by Gasteiger charge is 2.52. The Morgan fingerprint density at radius 2 is 1.62 bits per heavy atom. The molecule has 0 bridgehead atoms. The average molecular weight is 549 g/mol. The van der Waals surface area contributed by atoms with Gasteiger partial charge in [0.1, 0.15) is 12.4 Å². The molecule has 2 aliphatic rings. The molecule has 3 aromatic carbocycles. The Kier molecular flexibility index (Phi) is 7.22. The van der Waals surface area contributed by atoms with Gasteiger partial charge in [0.05, 0.1) is 21.9 Å². The first-order valence-corrected chi connectivity index (χ1v) is 13.2. The number of ether oxygens (including phenoxy) is 1. The lowest BCUT2D eigenvalue weighted by atomic mass is 9.77. The molecule has 3 aromatic rings. The number of hydrogen-bond acceptors (Lipinski definition) is 5. The summed E-state index contributed by atoms with van der Waals surface area (Å²) in [7, 11) is -0.801. The third-order valence-electron chi connectivity index (χ3n) is 7.80. The third-order valence-corrected chi connectivity index (χ3v) is 8.12. The van der Waals surface area contributed by atoms with Crippen molar-refractivity contribution in [3.8, 4) is 11.1 Å². The van der Waals surface area contributed by atoms with Gasteiger partial charge in [0.15, 0.2) is 0 Å². The van der Waals surface area contributed by atoms with Gasteiger partial charge in [-0.25, -0.2) is 9.18 Å². The molecule has 0 aromatic heterocycles. The molecular weight excluding hydrogens is 518 g/mol. The molecule has 1 aliphatic heterocycles. The van der Waals surface area contributed by atoms with Crippen molar-refractivity contribution >= 4 is 36.6 Å². The summed E-state index contributed by atoms with van der Waals surface area (Å²) in [5, 5.41) is 2.89. The van der Waals surface area contributed by atoms with Crippen molar-refractivity contribution in [3.63, 3.8) is 0 Å². The van der Waals surface area contributed by atoms with Gasteiger partial charge in [-0.15, -0.1) is 0 Å². The third kappa shape index (κ3) is 5.29. The van der Waals surface area contributed by atoms with E-state index in [4.69, 9.17) is 31.4 Å². The lowest BCUT2D eigenvalue weighted by molar-refractivity contribution is 0.00578. The number of nitrogens with two attached hydrogens (primary N) is 1. The number of fused-ring (bicyclic) bond motifs is 3. The van der Waals surface area contributed by atoms with E-state index in [1.807, 2.05) is 52.0 Å². The Labute approximate surface area is 233 Å². The maximum absolute atomic E-state index is 14.1. The van der Waals surface area contributed by atoms with E-state index in [2.05, 4.69) is 29.6 Å². The van der Waals surface area contributed by atoms with Crippen LogP contribution in [0.15, 0.2) is 66.1 Å². The highest BCUT2D eigenvalue weighted by Crippen LogP contribution is 2.44. The summed E-state index contributed by atoms with van der Waals surface area (Å²) in [4.78, 5) is 12.9. The van der Waals surface area contributed by atoms with Crippen molar-refractivity contribution < 1.29 is 23.2 Å². The minimum atomic E-state index is -0.801. The quantitative estimate of drug-likeness (QED) is 0.267. The fourth-order valence-corrected chi connectivity index (χ4v) is 5.16. The van der Waals surface area contributed by atoms with Crippen LogP contribution in [0.3, 0.4) is 0 Å². The van der Waals surface area contributed by atoms with Crippen LogP contribution in [-0.4, -0.2) is 37.6 Å². The predicted molar refractivity (Wildman–Crippen MR) is 153 cm³/mol. The maximum Gasteiger partial charge on any atom is 0.492 e. The number of alkyl carbamates (subject to hydrolysis) is 1. The van der Waals surface area contributed by atoms with Crippen LogP contribution in [0.5, 0.6) is 0 Å². The Bertz CT molecular complexity index is 1400. The fraction of sp³-hybridized carbons (Fsp3) is 0.300. The van der Waals surface area contributed by atoms with Gasteiger partial charge in [0, 0.05) is 18.0 Å². The van der Waals surface area contributed by atoms with Crippen LogP contribution in [0, 0.1) is 5.82 Å². The van der Waals surface area contributed by atoms with Crippen LogP contribution in [0.1, 0.15) is 50.3 Å². The van der Waals surface area contributed by atoms with E-state index in [9.17, 15) is 9.18 Å². The van der Waals surface area contributed by atoms with Crippen LogP contribution in [0.25, 0.3) is 17.2 Å². The number of benzene rings is 3. The minimum absolute atomic E-state index is 0.0288. The summed E-state index contributed by atoms with van der Waals surface area (Å²) in [5.74, 6) is -0.589. The first-order valence-electron chi connectivity index (χ1n) is 12.9. The van der Waals surface area contributed by atoms with E-state index in [1.165, 1.54) is 6.07 Å². The highest BCUT2D eigenvalue weighted by atomic mass is 35.5. The Hall–Kier alpha value is -3.33. The molecule has 39 heavy (non-hydrogen) atoms. The van der Waals surface area contributed by atoms with Crippen LogP contribution in [-0.2, 0) is 14.0 Å². The Morgan fingerprint density at radius 1 is 1.05 bits per heavy atom. The number of nitrogens with one attached hydrogen (secondary N) is 1. The molecule has 0 spiro atoms. The fourth-order valence-electron chi connectivity index (χ4n) is 4.94. The maximum atomic E-state index is 14.1. The van der Waals surface area contributed by atoms with Crippen molar-refractivity contribution in [2.24, 2.45) is 0 Å². The molecule has 1 heterocycles. The first kappa shape index (κ1) is 27.2. The molecule has 5 rings (SSSR count). The van der Waals surface area contributed by atoms with E-state index in [-0.39, 0.29) is 29.8 Å². The summed E-state index contributed by atoms with van der Waals surface area (Å²) in [6.45, 7) is 7.92. The summed E-state index contributed by atoms with van der Waals surface area (Å²) in [6, 6.07) is 18.7. The number of halogens is 2. The van der Waals surface area contributed by atoms with Crippen molar-refractivity contribution in [1.29, 1.82) is 0 Å². The van der Waals surface area contributed by atoms with Crippen molar-refractivity contribution in [1.82, 2.24) is 5.32 Å². The lowest BCUT2D eigenvalue weighted by Gasteiger charge is -2.32. The van der Waals surface area contributed by atoms with Gasteiger partial charge in [-0.05, 0) is 67.6 Å². The SMILES string of the molecule is CC1(C)OB(C(=Cc2cc(F)cc(Cl)c2N)CNC(=O)OCC2c3ccccc3-c3ccccc32)OC1(C)C. The van der Waals surface area contributed by atoms with Gasteiger partial charge in [-0.1, -0.05) is 66.2 Å². The summed E-state index contributed by atoms with van der Waals surface area (Å²) in [5.41, 5.74) is 10.6. The zero-order valence-corrected chi connectivity index (χ0v) is 23.1. The Morgan fingerprint density at radius 3 is 2.21 bits per heavy atom. The zero-order chi connectivity index (χ0) is 27.9. The molecule has 0 unspecified atom stereocenters. The number of carbonyl (C=O) groups excluding carboxylic acids is 1. The number of rotatable bonds is 6. The smallest absolute Gasteiger partial charge is 0.449 e. The van der Waals surface area contributed by atoms with Crippen molar-refractivity contribution in [2.45, 2.75) is 44.8 Å². The number of hydrogen-bond donors (Lipinski definition) is 2. The van der Waals surface area contributed by atoms with E-state index >= 15 is 0 Å². The van der Waals surface area contributed by atoms with E-state index < -0.39 is 30.2 Å². The molecule has 9 heteroatoms. The monoisotopic (exact) mass is 548 g/mol. The molecule has 3 N–H and O–H groups in total. The molecule has 0 radical (unpaired) electrons. The van der Waals surface area contributed by atoms with Crippen molar-refractivity contribution in [2.75, 3.05) is 18.9 Å².